The van der Waals surface area contributed by atoms with Crippen LogP contribution in [0.2, 0.25) is 0 Å². The summed E-state index contributed by atoms with van der Waals surface area (Å²) in [5.74, 6) is 0.414. The van der Waals surface area contributed by atoms with E-state index in [2.05, 4.69) is 0 Å². The monoisotopic (exact) mass is 282 g/mol. The Morgan fingerprint density at radius 1 is 1.37 bits per heavy atom. The molecule has 0 N–H and O–H groups in total. The average molecular weight is 282 g/mol. The summed E-state index contributed by atoms with van der Waals surface area (Å²) in [5.41, 5.74) is 0.418. The molecule has 1 unspecified atom stereocenters. The van der Waals surface area contributed by atoms with Crippen molar-refractivity contribution < 1.29 is 17.9 Å². The molecule has 2 rings (SSSR count). The first-order chi connectivity index (χ1) is 9.04. The third kappa shape index (κ3) is 3.15. The van der Waals surface area contributed by atoms with Crippen LogP contribution < -0.4 is 4.74 Å². The second-order valence-corrected chi connectivity index (χ2v) is 6.98. The summed E-state index contributed by atoms with van der Waals surface area (Å²) < 4.78 is 29.2. The average Bonchev–Trinajstić information content (AvgIpc) is 2.38. The molecule has 0 radical (unpaired) electrons. The smallest absolute Gasteiger partial charge is 0.181 e. The van der Waals surface area contributed by atoms with Crippen LogP contribution in [0, 0.1) is 0 Å². The first-order valence-electron chi connectivity index (χ1n) is 6.53. The summed E-state index contributed by atoms with van der Waals surface area (Å²) in [6, 6.07) is 6.74. The third-order valence-electron chi connectivity index (χ3n) is 3.30. The van der Waals surface area contributed by atoms with Crippen LogP contribution in [0.4, 0.5) is 0 Å². The van der Waals surface area contributed by atoms with Crippen molar-refractivity contribution in [3.63, 3.8) is 0 Å². The number of carbonyl (C=O) groups is 1. The van der Waals surface area contributed by atoms with Crippen LogP contribution in [0.15, 0.2) is 24.3 Å². The number of Topliss-reactive ketones (excluding diaryl/α,β-unsaturated/α-hetero) is 1. The zero-order valence-corrected chi connectivity index (χ0v) is 11.8. The van der Waals surface area contributed by atoms with Crippen molar-refractivity contribution in [2.75, 3.05) is 12.4 Å². The van der Waals surface area contributed by atoms with Gasteiger partial charge in [0, 0.05) is 5.56 Å². The van der Waals surface area contributed by atoms with Gasteiger partial charge in [0.1, 0.15) is 11.0 Å². The predicted octanol–water partition coefficient (Wildman–Crippen LogP) is 2.24. The topological polar surface area (TPSA) is 60.4 Å². The van der Waals surface area contributed by atoms with E-state index in [1.165, 1.54) is 0 Å². The molecule has 1 heterocycles. The number of sulfone groups is 1. The van der Waals surface area contributed by atoms with Gasteiger partial charge in [0.05, 0.1) is 12.4 Å². The van der Waals surface area contributed by atoms with Gasteiger partial charge >= 0.3 is 0 Å². The molecule has 0 bridgehead atoms. The van der Waals surface area contributed by atoms with Crippen molar-refractivity contribution in [1.82, 2.24) is 0 Å². The Morgan fingerprint density at radius 2 is 2.16 bits per heavy atom. The van der Waals surface area contributed by atoms with E-state index in [0.29, 0.717) is 30.8 Å². The molecule has 104 valence electrons. The Balaban J connectivity index is 2.26. The minimum atomic E-state index is -3.29. The molecule has 0 spiro atoms. The normalized spacial score (nSPS) is 21.8. The van der Waals surface area contributed by atoms with Crippen LogP contribution in [0.3, 0.4) is 0 Å². The minimum absolute atomic E-state index is 0.120. The summed E-state index contributed by atoms with van der Waals surface area (Å²) in [7, 11) is -3.29. The zero-order chi connectivity index (χ0) is 13.9. The Hall–Kier alpha value is -1.36. The first-order valence-corrected chi connectivity index (χ1v) is 8.25. The fourth-order valence-electron chi connectivity index (χ4n) is 2.34. The number of ketones is 1. The number of rotatable bonds is 4. The molecule has 1 aliphatic rings. The molecule has 19 heavy (non-hydrogen) atoms. The van der Waals surface area contributed by atoms with Gasteiger partial charge in [-0.25, -0.2) is 8.42 Å². The fraction of sp³-hybridized carbons (Fsp3) is 0.500. The van der Waals surface area contributed by atoms with Crippen molar-refractivity contribution in [3.05, 3.63) is 29.8 Å². The maximum absolute atomic E-state index is 12.3. The summed E-state index contributed by atoms with van der Waals surface area (Å²) in [5, 5.41) is -0.877. The second-order valence-electron chi connectivity index (χ2n) is 4.68. The molecule has 1 aromatic rings. The lowest BCUT2D eigenvalue weighted by Crippen LogP contribution is -2.35. The molecule has 1 atom stereocenters. The van der Waals surface area contributed by atoms with E-state index >= 15 is 0 Å². The van der Waals surface area contributed by atoms with Gasteiger partial charge in [0.25, 0.3) is 0 Å². The Labute approximate surface area is 113 Å². The van der Waals surface area contributed by atoms with Crippen molar-refractivity contribution in [1.29, 1.82) is 0 Å². The number of benzene rings is 1. The van der Waals surface area contributed by atoms with Gasteiger partial charge < -0.3 is 4.74 Å². The highest BCUT2D eigenvalue weighted by Crippen LogP contribution is 2.24. The van der Waals surface area contributed by atoms with E-state index in [0.717, 1.165) is 6.42 Å². The molecule has 0 amide bonds. The van der Waals surface area contributed by atoms with Crippen molar-refractivity contribution >= 4 is 15.6 Å². The molecular formula is C14H18O4S. The Bertz CT molecular complexity index is 563. The van der Waals surface area contributed by atoms with Crippen LogP contribution >= 0.6 is 0 Å². The molecule has 0 aliphatic carbocycles. The maximum atomic E-state index is 12.3. The van der Waals surface area contributed by atoms with Gasteiger partial charge in [-0.15, -0.1) is 0 Å². The molecule has 1 aromatic carbocycles. The van der Waals surface area contributed by atoms with Crippen LogP contribution in [0.1, 0.15) is 36.5 Å². The van der Waals surface area contributed by atoms with E-state index < -0.39 is 15.1 Å². The highest BCUT2D eigenvalue weighted by molar-refractivity contribution is 7.92. The summed E-state index contributed by atoms with van der Waals surface area (Å²) in [6.45, 7) is 2.37. The Kier molecular flexibility index (Phi) is 4.24. The minimum Gasteiger partial charge on any atom is -0.494 e. The maximum Gasteiger partial charge on any atom is 0.181 e. The van der Waals surface area contributed by atoms with Crippen molar-refractivity contribution in [2.24, 2.45) is 0 Å². The van der Waals surface area contributed by atoms with Gasteiger partial charge in [-0.1, -0.05) is 18.6 Å². The van der Waals surface area contributed by atoms with Gasteiger partial charge in [-0.05, 0) is 31.9 Å². The number of ether oxygens (including phenoxy) is 1. The lowest BCUT2D eigenvalue weighted by Gasteiger charge is -2.21. The predicted molar refractivity (Wildman–Crippen MR) is 73.4 cm³/mol. The largest absolute Gasteiger partial charge is 0.494 e. The number of carbonyl (C=O) groups excluding carboxylic acids is 1. The second kappa shape index (κ2) is 5.74. The van der Waals surface area contributed by atoms with E-state index in [1.807, 2.05) is 6.92 Å². The molecule has 0 aromatic heterocycles. The lowest BCUT2D eigenvalue weighted by atomic mass is 10.0. The van der Waals surface area contributed by atoms with E-state index in [4.69, 9.17) is 4.74 Å². The van der Waals surface area contributed by atoms with Crippen LogP contribution in [0.5, 0.6) is 5.75 Å². The molecule has 1 aliphatic heterocycles. The number of hydrogen-bond donors (Lipinski definition) is 0. The first kappa shape index (κ1) is 14.1. The van der Waals surface area contributed by atoms with Crippen LogP contribution in [-0.2, 0) is 9.84 Å². The highest BCUT2D eigenvalue weighted by atomic mass is 32.2. The van der Waals surface area contributed by atoms with E-state index in [-0.39, 0.29) is 11.5 Å². The zero-order valence-electron chi connectivity index (χ0n) is 11.0. The van der Waals surface area contributed by atoms with Crippen LogP contribution in [-0.4, -0.2) is 31.8 Å². The summed E-state index contributed by atoms with van der Waals surface area (Å²) in [6.07, 6.45) is 1.88. The number of hydrogen-bond acceptors (Lipinski definition) is 4. The quantitative estimate of drug-likeness (QED) is 0.795. The molecule has 1 saturated heterocycles. The molecular weight excluding hydrogens is 264 g/mol. The van der Waals surface area contributed by atoms with E-state index in [1.54, 1.807) is 24.3 Å². The molecule has 1 fully saturated rings. The van der Waals surface area contributed by atoms with Gasteiger partial charge in [0.15, 0.2) is 15.6 Å². The Morgan fingerprint density at radius 3 is 2.84 bits per heavy atom. The fourth-order valence-corrected chi connectivity index (χ4v) is 4.22. The van der Waals surface area contributed by atoms with Crippen molar-refractivity contribution in [2.45, 2.75) is 31.4 Å². The standard InChI is InChI=1S/C14H18O4S/c1-2-18-12-7-5-6-11(10-12)14(15)13-8-3-4-9-19(13,16)17/h5-7,10,13H,2-4,8-9H2,1H3. The van der Waals surface area contributed by atoms with E-state index in [9.17, 15) is 13.2 Å². The van der Waals surface area contributed by atoms with Gasteiger partial charge in [0.2, 0.25) is 0 Å². The SMILES string of the molecule is CCOc1cccc(C(=O)C2CCCCS2(=O)=O)c1. The van der Waals surface area contributed by atoms with Gasteiger partial charge in [-0.3, -0.25) is 4.79 Å². The molecule has 0 saturated carbocycles. The third-order valence-corrected chi connectivity index (χ3v) is 5.48. The van der Waals surface area contributed by atoms with Gasteiger partial charge in [-0.2, -0.15) is 0 Å². The van der Waals surface area contributed by atoms with Crippen molar-refractivity contribution in [3.8, 4) is 5.75 Å². The highest BCUT2D eigenvalue weighted by Gasteiger charge is 2.35. The summed E-state index contributed by atoms with van der Waals surface area (Å²) in [4.78, 5) is 12.3. The summed E-state index contributed by atoms with van der Waals surface area (Å²) >= 11 is 0. The lowest BCUT2D eigenvalue weighted by molar-refractivity contribution is 0.0981. The molecule has 5 heteroatoms. The van der Waals surface area contributed by atoms with Crippen LogP contribution in [0.25, 0.3) is 0 Å². The molecule has 4 nitrogen and oxygen atoms in total.